The quantitative estimate of drug-likeness (QED) is 0.329. The number of ether oxygens (including phenoxy) is 1. The van der Waals surface area contributed by atoms with Gasteiger partial charge in [-0.15, -0.1) is 11.8 Å². The largest absolute Gasteiger partial charge is 0.479 e. The van der Waals surface area contributed by atoms with Crippen molar-refractivity contribution >= 4 is 41.4 Å². The summed E-state index contributed by atoms with van der Waals surface area (Å²) in [5, 5.41) is -0.169. The molecule has 32 heavy (non-hydrogen) atoms. The summed E-state index contributed by atoms with van der Waals surface area (Å²) in [5.41, 5.74) is -2.99. The van der Waals surface area contributed by atoms with Gasteiger partial charge in [-0.3, -0.25) is 4.79 Å². The molecular weight excluding hydrogens is 487 g/mol. The fraction of sp³-hybridized carbons (Fsp3) is 0.429. The van der Waals surface area contributed by atoms with Crippen molar-refractivity contribution in [2.24, 2.45) is 0 Å². The summed E-state index contributed by atoms with van der Waals surface area (Å²) in [6.07, 6.45) is 1.22. The lowest BCUT2D eigenvalue weighted by Gasteiger charge is -2.29. The average Bonchev–Trinajstić information content (AvgIpc) is 3.50. The maximum atomic E-state index is 13.3. The number of benzene rings is 1. The number of halogens is 4. The maximum Gasteiger partial charge on any atom is 0.479 e. The van der Waals surface area contributed by atoms with Crippen molar-refractivity contribution < 1.29 is 26.9 Å². The van der Waals surface area contributed by atoms with Crippen LogP contribution in [-0.4, -0.2) is 22.1 Å². The highest BCUT2D eigenvalue weighted by molar-refractivity contribution is 7.99. The van der Waals surface area contributed by atoms with Gasteiger partial charge in [0, 0.05) is 21.8 Å². The minimum absolute atomic E-state index is 0.000284. The summed E-state index contributed by atoms with van der Waals surface area (Å²) in [5.74, 6) is -0.774. The SMILES string of the molecule is CC(C)OC(=O)c1cc2c(n(C3CC3)c1=O)-c1cc(Cl)c(OSC(F)(F)F)cc1SC2C. The second-order valence-electron chi connectivity index (χ2n) is 7.87. The first kappa shape index (κ1) is 23.4. The van der Waals surface area contributed by atoms with Crippen LogP contribution in [0.5, 0.6) is 5.75 Å². The number of alkyl halides is 3. The molecule has 4 rings (SSSR count). The molecule has 1 aliphatic carbocycles. The number of hydrogen-bond acceptors (Lipinski definition) is 6. The second-order valence-corrected chi connectivity index (χ2v) is 10.5. The standard InChI is InChI=1S/C21H19ClF3NO4S2/c1-9(2)29-20(28)14-6-12-10(3)31-17-8-16(30-32-21(23,24)25)15(22)7-13(17)18(12)26(19(14)27)11-4-5-11/h6-11H,4-5H2,1-3H3. The predicted octanol–water partition coefficient (Wildman–Crippen LogP) is 6.78. The molecule has 2 aromatic rings. The molecule has 1 saturated carbocycles. The number of nitrogens with zero attached hydrogens (tertiary/aromatic N) is 1. The van der Waals surface area contributed by atoms with Crippen molar-refractivity contribution in [1.82, 2.24) is 4.57 Å². The Morgan fingerprint density at radius 3 is 2.56 bits per heavy atom. The Kier molecular flexibility index (Phi) is 6.23. The van der Waals surface area contributed by atoms with Gasteiger partial charge in [-0.05, 0) is 57.4 Å². The Morgan fingerprint density at radius 2 is 1.97 bits per heavy atom. The Hall–Kier alpha value is -1.78. The molecule has 1 aromatic heterocycles. The van der Waals surface area contributed by atoms with Crippen molar-refractivity contribution in [2.45, 2.75) is 61.4 Å². The molecule has 1 atom stereocenters. The molecule has 5 nitrogen and oxygen atoms in total. The van der Waals surface area contributed by atoms with E-state index in [2.05, 4.69) is 0 Å². The van der Waals surface area contributed by atoms with Crippen LogP contribution >= 0.6 is 35.4 Å². The summed E-state index contributed by atoms with van der Waals surface area (Å²) >= 11 is 7.01. The molecular formula is C21H19ClF3NO4S2. The topological polar surface area (TPSA) is 57.5 Å². The molecule has 11 heteroatoms. The zero-order valence-corrected chi connectivity index (χ0v) is 19.7. The van der Waals surface area contributed by atoms with Crippen LogP contribution in [-0.2, 0) is 4.74 Å². The van der Waals surface area contributed by atoms with E-state index in [1.807, 2.05) is 6.92 Å². The van der Waals surface area contributed by atoms with E-state index in [1.165, 1.54) is 23.9 Å². The van der Waals surface area contributed by atoms with Gasteiger partial charge in [0.1, 0.15) is 5.56 Å². The van der Waals surface area contributed by atoms with E-state index < -0.39 is 29.1 Å². The number of carbonyl (C=O) groups is 1. The van der Waals surface area contributed by atoms with Crippen molar-refractivity contribution in [3.63, 3.8) is 0 Å². The van der Waals surface area contributed by atoms with Gasteiger partial charge < -0.3 is 13.5 Å². The maximum absolute atomic E-state index is 13.3. The van der Waals surface area contributed by atoms with E-state index >= 15 is 0 Å². The molecule has 0 N–H and O–H groups in total. The van der Waals surface area contributed by atoms with E-state index in [-0.39, 0.29) is 33.7 Å². The first-order valence-corrected chi connectivity index (χ1v) is 11.9. The van der Waals surface area contributed by atoms with Gasteiger partial charge in [-0.2, -0.15) is 13.2 Å². The molecule has 172 valence electrons. The first-order valence-electron chi connectivity index (χ1n) is 9.89. The fourth-order valence-electron chi connectivity index (χ4n) is 3.58. The Bertz CT molecular complexity index is 1150. The van der Waals surface area contributed by atoms with Gasteiger partial charge in [0.15, 0.2) is 17.8 Å². The summed E-state index contributed by atoms with van der Waals surface area (Å²) in [6.45, 7) is 5.33. The van der Waals surface area contributed by atoms with Crippen LogP contribution in [0.2, 0.25) is 5.02 Å². The molecule has 1 aromatic carbocycles. The lowest BCUT2D eigenvalue weighted by atomic mass is 9.99. The number of rotatable bonds is 5. The molecule has 0 saturated heterocycles. The van der Waals surface area contributed by atoms with Gasteiger partial charge >= 0.3 is 11.5 Å². The Labute approximate surface area is 195 Å². The van der Waals surface area contributed by atoms with Crippen molar-refractivity contribution in [2.75, 3.05) is 0 Å². The molecule has 0 amide bonds. The number of pyridine rings is 1. The number of carbonyl (C=O) groups excluding carboxylic acids is 1. The number of aromatic nitrogens is 1. The van der Waals surface area contributed by atoms with Crippen LogP contribution in [0.1, 0.15) is 60.8 Å². The third kappa shape index (κ3) is 4.63. The summed E-state index contributed by atoms with van der Waals surface area (Å²) < 4.78 is 49.4. The minimum atomic E-state index is -4.57. The van der Waals surface area contributed by atoms with E-state index in [1.54, 1.807) is 24.5 Å². The third-order valence-corrected chi connectivity index (χ3v) is 6.94. The van der Waals surface area contributed by atoms with Gasteiger partial charge in [-0.1, -0.05) is 11.6 Å². The van der Waals surface area contributed by atoms with Crippen LogP contribution in [0.25, 0.3) is 11.3 Å². The van der Waals surface area contributed by atoms with E-state index in [4.69, 9.17) is 20.5 Å². The average molecular weight is 506 g/mol. The van der Waals surface area contributed by atoms with Crippen LogP contribution in [0.4, 0.5) is 13.2 Å². The van der Waals surface area contributed by atoms with Gasteiger partial charge in [0.25, 0.3) is 5.56 Å². The fourth-order valence-corrected chi connectivity index (χ4v) is 5.30. The van der Waals surface area contributed by atoms with Crippen LogP contribution in [0, 0.1) is 0 Å². The van der Waals surface area contributed by atoms with Crippen molar-refractivity contribution in [1.29, 1.82) is 0 Å². The summed E-state index contributed by atoms with van der Waals surface area (Å²) in [4.78, 5) is 26.5. The predicted molar refractivity (Wildman–Crippen MR) is 119 cm³/mol. The number of fused-ring (bicyclic) bond motifs is 3. The zero-order chi connectivity index (χ0) is 23.4. The number of hydrogen-bond donors (Lipinski definition) is 0. The minimum Gasteiger partial charge on any atom is -0.459 e. The first-order chi connectivity index (χ1) is 15.0. The lowest BCUT2D eigenvalue weighted by molar-refractivity contribution is -0.0369. The number of esters is 1. The molecule has 0 bridgehead atoms. The molecule has 0 spiro atoms. The third-order valence-electron chi connectivity index (χ3n) is 4.99. The summed E-state index contributed by atoms with van der Waals surface area (Å²) in [6, 6.07) is 4.50. The molecule has 2 aliphatic rings. The Morgan fingerprint density at radius 1 is 1.28 bits per heavy atom. The zero-order valence-electron chi connectivity index (χ0n) is 17.3. The summed E-state index contributed by atoms with van der Waals surface area (Å²) in [7, 11) is 0. The van der Waals surface area contributed by atoms with Gasteiger partial charge in [-0.25, -0.2) is 4.79 Å². The van der Waals surface area contributed by atoms with E-state index in [9.17, 15) is 22.8 Å². The van der Waals surface area contributed by atoms with Gasteiger partial charge in [0.05, 0.1) is 16.8 Å². The van der Waals surface area contributed by atoms with Crippen LogP contribution < -0.4 is 9.74 Å². The molecule has 0 radical (unpaired) electrons. The smallest absolute Gasteiger partial charge is 0.459 e. The number of thioether (sulfide) groups is 1. The van der Waals surface area contributed by atoms with Crippen LogP contribution in [0.15, 0.2) is 27.9 Å². The molecule has 1 fully saturated rings. The van der Waals surface area contributed by atoms with E-state index in [0.29, 0.717) is 16.2 Å². The van der Waals surface area contributed by atoms with E-state index in [0.717, 1.165) is 18.4 Å². The van der Waals surface area contributed by atoms with Crippen LogP contribution in [0.3, 0.4) is 0 Å². The monoisotopic (exact) mass is 505 g/mol. The van der Waals surface area contributed by atoms with Crippen molar-refractivity contribution in [3.05, 3.63) is 44.7 Å². The second kappa shape index (κ2) is 8.53. The van der Waals surface area contributed by atoms with Crippen molar-refractivity contribution in [3.8, 4) is 17.0 Å². The molecule has 1 aliphatic heterocycles. The molecule has 2 heterocycles. The highest BCUT2D eigenvalue weighted by Crippen LogP contribution is 2.53. The van der Waals surface area contributed by atoms with Gasteiger partial charge in [0.2, 0.25) is 0 Å². The molecule has 1 unspecified atom stereocenters. The highest BCUT2D eigenvalue weighted by atomic mass is 35.5. The lowest BCUT2D eigenvalue weighted by Crippen LogP contribution is -2.31. The highest BCUT2D eigenvalue weighted by Gasteiger charge is 2.36. The normalized spacial score (nSPS) is 17.7. The Balaban J connectivity index is 1.86.